The Morgan fingerprint density at radius 2 is 1.87 bits per heavy atom. The van der Waals surface area contributed by atoms with Gasteiger partial charge in [-0.2, -0.15) is 12.6 Å². The molecule has 0 spiro atoms. The predicted octanol–water partition coefficient (Wildman–Crippen LogP) is 0.0878. The van der Waals surface area contributed by atoms with Crippen molar-refractivity contribution in [2.24, 2.45) is 0 Å². The van der Waals surface area contributed by atoms with Gasteiger partial charge in [-0.15, -0.1) is 5.46 Å². The fourth-order valence-corrected chi connectivity index (χ4v) is 2.30. The maximum atomic E-state index is 12.6. The molecule has 0 unspecified atom stereocenters. The normalized spacial score (nSPS) is 11.1. The minimum absolute atomic E-state index is 0. The van der Waals surface area contributed by atoms with Gasteiger partial charge in [-0.05, 0) is 41.1 Å². The monoisotopic (exact) mass is 370 g/mol. The van der Waals surface area contributed by atoms with Crippen LogP contribution in [0.25, 0.3) is 0 Å². The largest absolute Gasteiger partial charge is 1.00 e. The fraction of sp³-hybridized carbons (Fsp3) is 0.250. The van der Waals surface area contributed by atoms with E-state index in [1.165, 1.54) is 13.0 Å². The Hall–Kier alpha value is 1.79. The van der Waals surface area contributed by atoms with Gasteiger partial charge in [0.15, 0.2) is 0 Å². The molecule has 0 saturated heterocycles. The molecule has 0 radical (unpaired) electrons. The van der Waals surface area contributed by atoms with Crippen LogP contribution in [-0.4, -0.2) is 6.98 Å². The van der Waals surface area contributed by atoms with Crippen LogP contribution in [0.4, 0.5) is 12.9 Å². The van der Waals surface area contributed by atoms with Gasteiger partial charge >= 0.3 is 58.4 Å². The van der Waals surface area contributed by atoms with Crippen LogP contribution in [-0.2, 0) is 5.75 Å². The average molecular weight is 370 g/mol. The molecule has 0 bridgehead atoms. The summed E-state index contributed by atoms with van der Waals surface area (Å²) >= 11 is 5.89. The van der Waals surface area contributed by atoms with Crippen molar-refractivity contribution in [2.45, 2.75) is 12.7 Å². The topological polar surface area (TPSA) is 0 Å². The van der Waals surface area contributed by atoms with Gasteiger partial charge in [0.05, 0.1) is 0 Å². The van der Waals surface area contributed by atoms with Crippen molar-refractivity contribution in [2.75, 3.05) is 0 Å². The Bertz CT molecular complexity index is 356. The summed E-state index contributed by atoms with van der Waals surface area (Å²) in [6, 6.07) is 2.91. The summed E-state index contributed by atoms with van der Waals surface area (Å²) in [4.78, 5) is 0. The predicted molar refractivity (Wildman–Crippen MR) is 65.3 cm³/mol. The van der Waals surface area contributed by atoms with E-state index in [1.807, 2.05) is 22.6 Å². The smallest absolute Gasteiger partial charge is 0.445 e. The molecule has 0 fully saturated rings. The molecule has 78 valence electrons. The van der Waals surface area contributed by atoms with E-state index in [0.717, 1.165) is 0 Å². The molecule has 1 rings (SSSR count). The number of benzene rings is 1. The van der Waals surface area contributed by atoms with Gasteiger partial charge in [0, 0.05) is 9.32 Å². The van der Waals surface area contributed by atoms with E-state index in [9.17, 15) is 12.9 Å². The van der Waals surface area contributed by atoms with Gasteiger partial charge in [-0.25, -0.2) is 0 Å². The molecule has 0 saturated carbocycles. The molecule has 0 aliphatic carbocycles. The molecule has 15 heavy (non-hydrogen) atoms. The number of rotatable bonds is 2. The van der Waals surface area contributed by atoms with Crippen LogP contribution in [0.2, 0.25) is 0 Å². The Labute approximate surface area is 149 Å². The number of hydrogen-bond donors (Lipinski definition) is 1. The Balaban J connectivity index is 0.00000196. The van der Waals surface area contributed by atoms with Gasteiger partial charge in [-0.3, -0.25) is 0 Å². The van der Waals surface area contributed by atoms with Crippen LogP contribution >= 0.6 is 35.2 Å². The summed E-state index contributed by atoms with van der Waals surface area (Å²) in [5.74, 6) is 0.335. The summed E-state index contributed by atoms with van der Waals surface area (Å²) < 4.78 is 38.3. The Morgan fingerprint density at radius 1 is 1.33 bits per heavy atom. The molecule has 0 N–H and O–H groups in total. The summed E-state index contributed by atoms with van der Waals surface area (Å²) in [7, 11) is 0. The molecule has 0 atom stereocenters. The second-order valence-corrected chi connectivity index (χ2v) is 4.57. The van der Waals surface area contributed by atoms with E-state index in [0.29, 0.717) is 20.4 Å². The molecule has 1 aromatic rings. The molecular formula is C8H8BF3IKS. The number of halogens is 4. The molecule has 0 heterocycles. The molecule has 0 aliphatic heterocycles. The molecule has 0 aromatic heterocycles. The summed E-state index contributed by atoms with van der Waals surface area (Å²) in [5, 5.41) is 0. The van der Waals surface area contributed by atoms with E-state index in [4.69, 9.17) is 0 Å². The molecule has 7 heteroatoms. The zero-order chi connectivity index (χ0) is 10.9. The van der Waals surface area contributed by atoms with Crippen molar-refractivity contribution in [3.63, 3.8) is 0 Å². The molecule has 0 nitrogen and oxygen atoms in total. The standard InChI is InChI=1S/C8H8BF3IS.K/c1-5-6(4-14)2-7(13)3-8(5)9(10,11)12;/h2-3,14H,4H2,1H3;/q-1;+1. The Morgan fingerprint density at radius 3 is 2.27 bits per heavy atom. The third-order valence-electron chi connectivity index (χ3n) is 2.04. The quantitative estimate of drug-likeness (QED) is 0.426. The van der Waals surface area contributed by atoms with Crippen molar-refractivity contribution in [3.8, 4) is 0 Å². The van der Waals surface area contributed by atoms with E-state index in [-0.39, 0.29) is 51.4 Å². The van der Waals surface area contributed by atoms with Gasteiger partial charge in [0.25, 0.3) is 0 Å². The third kappa shape index (κ3) is 4.52. The van der Waals surface area contributed by atoms with Gasteiger partial charge in [-0.1, -0.05) is 11.6 Å². The first kappa shape index (κ1) is 16.8. The average Bonchev–Trinajstić information content (AvgIpc) is 2.06. The second kappa shape index (κ2) is 6.65. The third-order valence-corrected chi connectivity index (χ3v) is 3.01. The van der Waals surface area contributed by atoms with Crippen LogP contribution in [0.5, 0.6) is 0 Å². The van der Waals surface area contributed by atoms with E-state index in [1.54, 1.807) is 6.07 Å². The zero-order valence-corrected chi connectivity index (χ0v) is 14.6. The summed E-state index contributed by atoms with van der Waals surface area (Å²) in [6.45, 7) is -3.42. The summed E-state index contributed by atoms with van der Waals surface area (Å²) in [5.41, 5.74) is 0.447. The first-order valence-corrected chi connectivity index (χ1v) is 5.67. The first-order chi connectivity index (χ1) is 6.36. The Kier molecular flexibility index (Phi) is 7.45. The fourth-order valence-electron chi connectivity index (χ4n) is 1.26. The van der Waals surface area contributed by atoms with Crippen LogP contribution in [0.15, 0.2) is 12.1 Å². The van der Waals surface area contributed by atoms with Crippen LogP contribution < -0.4 is 56.8 Å². The molecule has 1 aromatic carbocycles. The van der Waals surface area contributed by atoms with Crippen molar-refractivity contribution < 1.29 is 64.3 Å². The maximum absolute atomic E-state index is 12.6. The van der Waals surface area contributed by atoms with Crippen LogP contribution in [0.1, 0.15) is 11.1 Å². The zero-order valence-electron chi connectivity index (χ0n) is 8.40. The van der Waals surface area contributed by atoms with E-state index < -0.39 is 12.4 Å². The van der Waals surface area contributed by atoms with Crippen molar-refractivity contribution in [1.82, 2.24) is 0 Å². The first-order valence-electron chi connectivity index (χ1n) is 3.96. The van der Waals surface area contributed by atoms with Gasteiger partial charge in [0.2, 0.25) is 0 Å². The SMILES string of the molecule is Cc1c(CS)cc(I)cc1[B-](F)(F)F.[K+]. The van der Waals surface area contributed by atoms with Crippen LogP contribution in [0, 0.1) is 10.5 Å². The number of hydrogen-bond acceptors (Lipinski definition) is 1. The second-order valence-electron chi connectivity index (χ2n) is 3.01. The minimum atomic E-state index is -4.91. The van der Waals surface area contributed by atoms with E-state index >= 15 is 0 Å². The number of thiol groups is 1. The molecule has 0 aliphatic rings. The molecular weight excluding hydrogens is 362 g/mol. The van der Waals surface area contributed by atoms with Gasteiger partial charge in [0.1, 0.15) is 0 Å². The van der Waals surface area contributed by atoms with Gasteiger partial charge < -0.3 is 12.9 Å². The van der Waals surface area contributed by atoms with Crippen LogP contribution in [0.3, 0.4) is 0 Å². The van der Waals surface area contributed by atoms with Crippen molar-refractivity contribution in [1.29, 1.82) is 0 Å². The molecule has 0 amide bonds. The van der Waals surface area contributed by atoms with Crippen molar-refractivity contribution >= 4 is 47.7 Å². The summed E-state index contributed by atoms with van der Waals surface area (Å²) in [6.07, 6.45) is 0. The van der Waals surface area contributed by atoms with Crippen molar-refractivity contribution in [3.05, 3.63) is 26.8 Å². The van der Waals surface area contributed by atoms with E-state index in [2.05, 4.69) is 12.6 Å². The maximum Gasteiger partial charge on any atom is 1.00 e. The minimum Gasteiger partial charge on any atom is -0.445 e.